The summed E-state index contributed by atoms with van der Waals surface area (Å²) in [6, 6.07) is 2.74. The first kappa shape index (κ1) is 9.17. The molecule has 0 aliphatic heterocycles. The number of rotatable bonds is 1. The van der Waals surface area contributed by atoms with E-state index in [0.29, 0.717) is 9.92 Å². The monoisotopic (exact) mass is 210 g/mol. The van der Waals surface area contributed by atoms with Crippen LogP contribution >= 0.6 is 35.0 Å². The zero-order valence-corrected chi connectivity index (χ0v) is 8.03. The lowest BCUT2D eigenvalue weighted by atomic mass is 10.3. The van der Waals surface area contributed by atoms with Crippen LogP contribution in [0.25, 0.3) is 0 Å². The van der Waals surface area contributed by atoms with Crippen molar-refractivity contribution in [1.82, 2.24) is 0 Å². The molecule has 0 aliphatic rings. The predicted octanol–water partition coefficient (Wildman–Crippen LogP) is 3.85. The zero-order valence-electron chi connectivity index (χ0n) is 5.70. The van der Waals surface area contributed by atoms with Gasteiger partial charge in [-0.15, -0.1) is 11.8 Å². The quantitative estimate of drug-likeness (QED) is 0.502. The minimum atomic E-state index is -0.430. The Hall–Kier alpha value is 0.0800. The Bertz CT molecular complexity index is 275. The summed E-state index contributed by atoms with van der Waals surface area (Å²) in [5, 5.41) is 0.553. The van der Waals surface area contributed by atoms with E-state index in [9.17, 15) is 4.39 Å². The van der Waals surface area contributed by atoms with Crippen molar-refractivity contribution in [2.75, 3.05) is 6.26 Å². The van der Waals surface area contributed by atoms with Crippen molar-refractivity contribution in [3.63, 3.8) is 0 Å². The van der Waals surface area contributed by atoms with E-state index in [0.717, 1.165) is 0 Å². The van der Waals surface area contributed by atoms with Gasteiger partial charge in [-0.05, 0) is 18.4 Å². The summed E-state index contributed by atoms with van der Waals surface area (Å²) in [6.07, 6.45) is 1.83. The smallest absolute Gasteiger partial charge is 0.143 e. The minimum absolute atomic E-state index is 0.0628. The van der Waals surface area contributed by atoms with Crippen LogP contribution < -0.4 is 0 Å². The second kappa shape index (κ2) is 3.65. The molecule has 1 aromatic rings. The van der Waals surface area contributed by atoms with Crippen LogP contribution in [-0.2, 0) is 0 Å². The number of halogens is 3. The summed E-state index contributed by atoms with van der Waals surface area (Å²) in [6.45, 7) is 0. The maximum absolute atomic E-state index is 12.7. The zero-order chi connectivity index (χ0) is 8.43. The summed E-state index contributed by atoms with van der Waals surface area (Å²) < 4.78 is 12.7. The Balaban J connectivity index is 3.21. The number of benzene rings is 1. The Labute approximate surface area is 78.7 Å². The summed E-state index contributed by atoms with van der Waals surface area (Å²) in [4.78, 5) is 0.702. The molecule has 0 radical (unpaired) electrons. The van der Waals surface area contributed by atoms with Gasteiger partial charge in [-0.2, -0.15) is 0 Å². The van der Waals surface area contributed by atoms with E-state index < -0.39 is 5.82 Å². The van der Waals surface area contributed by atoms with Crippen molar-refractivity contribution in [2.45, 2.75) is 4.90 Å². The molecule has 1 aromatic carbocycles. The van der Waals surface area contributed by atoms with E-state index >= 15 is 0 Å². The summed E-state index contributed by atoms with van der Waals surface area (Å²) in [5.41, 5.74) is 0. The summed E-state index contributed by atoms with van der Waals surface area (Å²) in [7, 11) is 0. The van der Waals surface area contributed by atoms with Gasteiger partial charge in [-0.25, -0.2) is 4.39 Å². The Morgan fingerprint density at radius 1 is 1.27 bits per heavy atom. The molecule has 0 saturated carbocycles. The predicted molar refractivity (Wildman–Crippen MR) is 48.2 cm³/mol. The first-order valence-electron chi connectivity index (χ1n) is 2.83. The highest BCUT2D eigenvalue weighted by atomic mass is 35.5. The molecule has 0 aromatic heterocycles. The molecule has 0 bridgehead atoms. The fraction of sp³-hybridized carbons (Fsp3) is 0.143. The minimum Gasteiger partial charge on any atom is -0.205 e. The first-order valence-corrected chi connectivity index (χ1v) is 4.81. The van der Waals surface area contributed by atoms with E-state index in [4.69, 9.17) is 23.2 Å². The third-order valence-corrected chi connectivity index (χ3v) is 2.69. The van der Waals surface area contributed by atoms with Gasteiger partial charge in [-0.1, -0.05) is 23.2 Å². The molecule has 11 heavy (non-hydrogen) atoms. The average Bonchev–Trinajstić information content (AvgIpc) is 1.97. The van der Waals surface area contributed by atoms with E-state index in [1.54, 1.807) is 0 Å². The van der Waals surface area contributed by atoms with E-state index in [-0.39, 0.29) is 5.02 Å². The molecule has 4 heteroatoms. The first-order chi connectivity index (χ1) is 5.15. The van der Waals surface area contributed by atoms with Crippen molar-refractivity contribution >= 4 is 35.0 Å². The lowest BCUT2D eigenvalue weighted by molar-refractivity contribution is 0.625. The molecule has 0 aliphatic carbocycles. The van der Waals surface area contributed by atoms with Gasteiger partial charge >= 0.3 is 0 Å². The molecular weight excluding hydrogens is 206 g/mol. The molecule has 0 atom stereocenters. The largest absolute Gasteiger partial charge is 0.205 e. The van der Waals surface area contributed by atoms with Crippen LogP contribution in [0, 0.1) is 5.82 Å². The molecule has 0 unspecified atom stereocenters. The Morgan fingerprint density at radius 3 is 2.45 bits per heavy atom. The van der Waals surface area contributed by atoms with Crippen molar-refractivity contribution in [3.8, 4) is 0 Å². The molecule has 0 saturated heterocycles. The molecule has 0 amide bonds. The van der Waals surface area contributed by atoms with Crippen LogP contribution in [0.15, 0.2) is 17.0 Å². The molecule has 60 valence electrons. The third kappa shape index (κ3) is 2.01. The molecular formula is C7H5Cl2FS. The second-order valence-corrected chi connectivity index (χ2v) is 3.56. The molecule has 0 fully saturated rings. The van der Waals surface area contributed by atoms with Crippen molar-refractivity contribution in [2.24, 2.45) is 0 Å². The van der Waals surface area contributed by atoms with E-state index in [1.165, 1.54) is 23.9 Å². The molecule has 0 nitrogen and oxygen atoms in total. The highest BCUT2D eigenvalue weighted by molar-refractivity contribution is 7.98. The summed E-state index contributed by atoms with van der Waals surface area (Å²) >= 11 is 12.6. The summed E-state index contributed by atoms with van der Waals surface area (Å²) in [5.74, 6) is -0.430. The van der Waals surface area contributed by atoms with Gasteiger partial charge < -0.3 is 0 Å². The normalized spacial score (nSPS) is 10.2. The lowest BCUT2D eigenvalue weighted by Gasteiger charge is -2.00. The Morgan fingerprint density at radius 2 is 1.91 bits per heavy atom. The lowest BCUT2D eigenvalue weighted by Crippen LogP contribution is -1.79. The molecule has 1 rings (SSSR count). The maximum atomic E-state index is 12.7. The molecule has 0 spiro atoms. The van der Waals surface area contributed by atoms with Crippen LogP contribution in [0.3, 0.4) is 0 Å². The maximum Gasteiger partial charge on any atom is 0.143 e. The van der Waals surface area contributed by atoms with Gasteiger partial charge in [0.15, 0.2) is 0 Å². The molecule has 0 N–H and O–H groups in total. The highest BCUT2D eigenvalue weighted by Gasteiger charge is 2.05. The van der Waals surface area contributed by atoms with E-state index in [1.807, 2.05) is 6.26 Å². The van der Waals surface area contributed by atoms with Crippen molar-refractivity contribution < 1.29 is 4.39 Å². The highest BCUT2D eigenvalue weighted by Crippen LogP contribution is 2.29. The number of hydrogen-bond acceptors (Lipinski definition) is 1. The van der Waals surface area contributed by atoms with Gasteiger partial charge in [0.1, 0.15) is 5.82 Å². The number of hydrogen-bond donors (Lipinski definition) is 0. The average molecular weight is 211 g/mol. The number of thioether (sulfide) groups is 1. The molecule has 0 heterocycles. The SMILES string of the molecule is CSc1cc(F)c(Cl)cc1Cl. The van der Waals surface area contributed by atoms with Gasteiger partial charge in [0.2, 0.25) is 0 Å². The van der Waals surface area contributed by atoms with Crippen LogP contribution in [0.2, 0.25) is 10.0 Å². The van der Waals surface area contributed by atoms with Crippen LogP contribution in [0.1, 0.15) is 0 Å². The van der Waals surface area contributed by atoms with Crippen LogP contribution in [0.5, 0.6) is 0 Å². The topological polar surface area (TPSA) is 0 Å². The van der Waals surface area contributed by atoms with Gasteiger partial charge in [-0.3, -0.25) is 0 Å². The Kier molecular flexibility index (Phi) is 3.05. The van der Waals surface area contributed by atoms with Crippen LogP contribution in [0.4, 0.5) is 4.39 Å². The van der Waals surface area contributed by atoms with Gasteiger partial charge in [0, 0.05) is 4.90 Å². The standard InChI is InChI=1S/C7H5Cl2FS/c1-11-7-3-6(10)4(8)2-5(7)9/h2-3H,1H3. The van der Waals surface area contributed by atoms with Crippen molar-refractivity contribution in [3.05, 3.63) is 28.0 Å². The fourth-order valence-electron chi connectivity index (χ4n) is 0.661. The second-order valence-electron chi connectivity index (χ2n) is 1.90. The van der Waals surface area contributed by atoms with E-state index in [2.05, 4.69) is 0 Å². The fourth-order valence-corrected chi connectivity index (χ4v) is 1.75. The third-order valence-electron chi connectivity index (χ3n) is 1.19. The van der Waals surface area contributed by atoms with Gasteiger partial charge in [0.25, 0.3) is 0 Å². The van der Waals surface area contributed by atoms with Gasteiger partial charge in [0.05, 0.1) is 10.0 Å². The van der Waals surface area contributed by atoms with Crippen molar-refractivity contribution in [1.29, 1.82) is 0 Å². The van der Waals surface area contributed by atoms with Crippen LogP contribution in [-0.4, -0.2) is 6.26 Å².